The molecule has 0 aliphatic carbocycles. The smallest absolute Gasteiger partial charge is 1.00 e. The normalized spacial score (nSPS) is 12.5. The average molecular weight is 360 g/mol. The molecule has 134 valence electrons. The van der Waals surface area contributed by atoms with E-state index in [4.69, 9.17) is 5.11 Å². The van der Waals surface area contributed by atoms with Gasteiger partial charge in [-0.15, -0.1) is 0 Å². The zero-order chi connectivity index (χ0) is 16.8. The van der Waals surface area contributed by atoms with Gasteiger partial charge in [0.25, 0.3) is 0 Å². The van der Waals surface area contributed by atoms with Crippen molar-refractivity contribution in [3.63, 3.8) is 0 Å². The molecular formula is C16H33NaO5S. The molecule has 1 unspecified atom stereocenters. The second-order valence-electron chi connectivity index (χ2n) is 5.83. The second kappa shape index (κ2) is 15.9. The third-order valence-electron chi connectivity index (χ3n) is 3.61. The minimum Gasteiger partial charge on any atom is -1.00 e. The van der Waals surface area contributed by atoms with Crippen molar-refractivity contribution >= 4 is 16.1 Å². The summed E-state index contributed by atoms with van der Waals surface area (Å²) >= 11 is 0. The van der Waals surface area contributed by atoms with Crippen molar-refractivity contribution in [2.75, 3.05) is 0 Å². The molecule has 0 saturated heterocycles. The van der Waals surface area contributed by atoms with E-state index in [2.05, 4.69) is 11.1 Å². The molecule has 0 radical (unpaired) electrons. The minimum absolute atomic E-state index is 0. The first kappa shape index (κ1) is 25.6. The van der Waals surface area contributed by atoms with E-state index < -0.39 is 21.5 Å². The first-order chi connectivity index (χ1) is 10.4. The maximum absolute atomic E-state index is 11.3. The van der Waals surface area contributed by atoms with Gasteiger partial charge in [0, 0.05) is 6.42 Å². The van der Waals surface area contributed by atoms with Crippen molar-refractivity contribution in [2.45, 2.75) is 96.3 Å². The van der Waals surface area contributed by atoms with Crippen LogP contribution in [0.3, 0.4) is 0 Å². The minimum atomic E-state index is -4.16. The Bertz CT molecular complexity index is 388. The molecule has 1 atom stereocenters. The second-order valence-corrected chi connectivity index (χ2v) is 7.67. The van der Waals surface area contributed by atoms with Crippen LogP contribution in [0.15, 0.2) is 0 Å². The summed E-state index contributed by atoms with van der Waals surface area (Å²) in [5.41, 5.74) is -1.67. The quantitative estimate of drug-likeness (QED) is 0.284. The maximum atomic E-state index is 11.3. The summed E-state index contributed by atoms with van der Waals surface area (Å²) in [5.74, 6) is -0.781. The van der Waals surface area contributed by atoms with E-state index in [0.717, 1.165) is 26.2 Å². The third kappa shape index (κ3) is 15.6. The fraction of sp³-hybridized carbons (Fsp3) is 0.938. The Hall–Kier alpha value is 0.380. The molecule has 1 N–H and O–H groups in total. The van der Waals surface area contributed by atoms with E-state index in [0.29, 0.717) is 6.42 Å². The molecule has 7 heteroatoms. The Kier molecular flexibility index (Phi) is 17.7. The van der Waals surface area contributed by atoms with Crippen molar-refractivity contribution in [2.24, 2.45) is 0 Å². The summed E-state index contributed by atoms with van der Waals surface area (Å²) in [7, 11) is -4.16. The van der Waals surface area contributed by atoms with Gasteiger partial charge in [0.2, 0.25) is 0 Å². The van der Waals surface area contributed by atoms with Gasteiger partial charge < -0.3 is 10.7 Å². The Morgan fingerprint density at radius 1 is 0.957 bits per heavy atom. The Morgan fingerprint density at radius 2 is 1.35 bits per heavy atom. The van der Waals surface area contributed by atoms with Gasteiger partial charge in [-0.1, -0.05) is 71.1 Å². The molecule has 0 bridgehead atoms. The Labute approximate surface area is 165 Å². The van der Waals surface area contributed by atoms with Gasteiger partial charge in [-0.2, -0.15) is 8.42 Å². The van der Waals surface area contributed by atoms with Crippen molar-refractivity contribution in [3.05, 3.63) is 0 Å². The molecule has 0 fully saturated rings. The Morgan fingerprint density at radius 3 is 1.74 bits per heavy atom. The molecule has 0 aliphatic heterocycles. The van der Waals surface area contributed by atoms with Crippen LogP contribution in [0.1, 0.15) is 92.3 Å². The molecule has 0 aliphatic rings. The summed E-state index contributed by atoms with van der Waals surface area (Å²) < 4.78 is 26.6. The summed E-state index contributed by atoms with van der Waals surface area (Å²) in [6.07, 6.45) is 12.9. The van der Waals surface area contributed by atoms with E-state index in [1.807, 2.05) is 0 Å². The van der Waals surface area contributed by atoms with Crippen LogP contribution in [0, 0.1) is 0 Å². The summed E-state index contributed by atoms with van der Waals surface area (Å²) in [4.78, 5) is 11.3. The van der Waals surface area contributed by atoms with Crippen molar-refractivity contribution < 1.29 is 53.5 Å². The maximum Gasteiger partial charge on any atom is 1.00 e. The molecule has 0 heterocycles. The first-order valence-electron chi connectivity index (χ1n) is 8.54. The summed E-state index contributed by atoms with van der Waals surface area (Å²) in [6.45, 7) is 3.28. The average Bonchev–Trinajstić information content (AvgIpc) is 2.44. The SMILES string of the molecule is CCCCCCCCCCCCCC(=O)OS(=O)(=O)C(C)O.[H-].[Na+]. The van der Waals surface area contributed by atoms with Crippen LogP contribution in [-0.4, -0.2) is 24.9 Å². The van der Waals surface area contributed by atoms with E-state index in [9.17, 15) is 13.2 Å². The van der Waals surface area contributed by atoms with Gasteiger partial charge in [0.05, 0.1) is 0 Å². The number of carbonyl (C=O) groups excluding carboxylic acids is 1. The van der Waals surface area contributed by atoms with Crippen molar-refractivity contribution in [1.29, 1.82) is 0 Å². The van der Waals surface area contributed by atoms with Gasteiger partial charge in [-0.05, 0) is 13.3 Å². The number of rotatable bonds is 14. The van der Waals surface area contributed by atoms with Gasteiger partial charge in [0.15, 0.2) is 5.44 Å². The van der Waals surface area contributed by atoms with Crippen LogP contribution >= 0.6 is 0 Å². The molecule has 0 aromatic rings. The zero-order valence-electron chi connectivity index (χ0n) is 16.1. The van der Waals surface area contributed by atoms with Crippen molar-refractivity contribution in [1.82, 2.24) is 0 Å². The zero-order valence-corrected chi connectivity index (χ0v) is 17.9. The van der Waals surface area contributed by atoms with Crippen molar-refractivity contribution in [3.8, 4) is 0 Å². The molecule has 0 saturated carbocycles. The van der Waals surface area contributed by atoms with Crippen LogP contribution in [0.25, 0.3) is 0 Å². The van der Waals surface area contributed by atoms with Crippen LogP contribution in [-0.2, 0) is 19.1 Å². The van der Waals surface area contributed by atoms with Crippen LogP contribution in [0.5, 0.6) is 0 Å². The van der Waals surface area contributed by atoms with Crippen LogP contribution in [0.4, 0.5) is 0 Å². The predicted molar refractivity (Wildman–Crippen MR) is 88.9 cm³/mol. The monoisotopic (exact) mass is 360 g/mol. The number of hydrogen-bond donors (Lipinski definition) is 1. The van der Waals surface area contributed by atoms with Gasteiger partial charge in [-0.25, -0.2) is 0 Å². The predicted octanol–water partition coefficient (Wildman–Crippen LogP) is 1.02. The number of unbranched alkanes of at least 4 members (excludes halogenated alkanes) is 10. The standard InChI is InChI=1S/C16H32O5S.Na.H/c1-3-4-5-6-7-8-9-10-11-12-13-14-16(18)21-22(19,20)15(2)17;;/h15,17H,3-14H2,1-2H3;;/q;+1;-1. The first-order valence-corrected chi connectivity index (χ1v) is 10.0. The van der Waals surface area contributed by atoms with E-state index in [1.54, 1.807) is 0 Å². The summed E-state index contributed by atoms with van der Waals surface area (Å²) in [6, 6.07) is 0. The fourth-order valence-electron chi connectivity index (χ4n) is 2.17. The number of aliphatic hydroxyl groups excluding tert-OH is 1. The number of aliphatic hydroxyl groups is 1. The number of hydrogen-bond acceptors (Lipinski definition) is 5. The third-order valence-corrected chi connectivity index (χ3v) is 4.87. The molecule has 0 aromatic heterocycles. The molecule has 0 aromatic carbocycles. The molecule has 0 spiro atoms. The molecule has 0 amide bonds. The van der Waals surface area contributed by atoms with E-state index >= 15 is 0 Å². The molecule has 0 rings (SSSR count). The molecule has 23 heavy (non-hydrogen) atoms. The van der Waals surface area contributed by atoms with Crippen LogP contribution < -0.4 is 29.6 Å². The molecular weight excluding hydrogens is 327 g/mol. The largest absolute Gasteiger partial charge is 1.00 e. The molecule has 5 nitrogen and oxygen atoms in total. The number of carbonyl (C=O) groups is 1. The van der Waals surface area contributed by atoms with E-state index in [-0.39, 0.29) is 37.4 Å². The topological polar surface area (TPSA) is 80.7 Å². The fourth-order valence-corrected chi connectivity index (χ4v) is 2.66. The summed E-state index contributed by atoms with van der Waals surface area (Å²) in [5, 5.41) is 8.92. The van der Waals surface area contributed by atoms with Gasteiger partial charge in [-0.3, -0.25) is 4.79 Å². The van der Waals surface area contributed by atoms with Crippen LogP contribution in [0.2, 0.25) is 0 Å². The van der Waals surface area contributed by atoms with Gasteiger partial charge >= 0.3 is 45.6 Å². The van der Waals surface area contributed by atoms with Gasteiger partial charge in [0.1, 0.15) is 0 Å². The Balaban J connectivity index is -0.00000220. The van der Waals surface area contributed by atoms with E-state index in [1.165, 1.54) is 44.9 Å².